The van der Waals surface area contributed by atoms with Gasteiger partial charge < -0.3 is 24.3 Å². The molecule has 0 spiro atoms. The molecule has 1 saturated heterocycles. The summed E-state index contributed by atoms with van der Waals surface area (Å²) in [6, 6.07) is 11.9. The molecule has 0 aliphatic carbocycles. The van der Waals surface area contributed by atoms with E-state index in [-0.39, 0.29) is 25.1 Å². The largest absolute Gasteiger partial charge is 0.485 e. The molecular formula is C24H23FN2O4. The van der Waals surface area contributed by atoms with E-state index in [4.69, 9.17) is 9.47 Å². The first-order chi connectivity index (χ1) is 15.2. The van der Waals surface area contributed by atoms with E-state index in [9.17, 15) is 14.6 Å². The molecule has 7 heteroatoms. The third kappa shape index (κ3) is 4.94. The van der Waals surface area contributed by atoms with Crippen molar-refractivity contribution in [1.29, 1.82) is 0 Å². The predicted molar refractivity (Wildman–Crippen MR) is 113 cm³/mol. The van der Waals surface area contributed by atoms with Crippen molar-refractivity contribution in [2.45, 2.75) is 25.2 Å². The first kappa shape index (κ1) is 21.1. The number of aliphatic hydroxyl groups is 2. The topological polar surface area (TPSA) is 76.7 Å². The molecule has 0 amide bonds. The predicted octanol–water partition coefficient (Wildman–Crippen LogP) is 2.93. The molecule has 0 radical (unpaired) electrons. The van der Waals surface area contributed by atoms with Crippen LogP contribution in [0.5, 0.6) is 5.75 Å². The van der Waals surface area contributed by atoms with Crippen LogP contribution in [-0.2, 0) is 11.3 Å². The van der Waals surface area contributed by atoms with Gasteiger partial charge in [-0.2, -0.15) is 0 Å². The van der Waals surface area contributed by atoms with Crippen LogP contribution < -0.4 is 4.74 Å². The van der Waals surface area contributed by atoms with Crippen molar-refractivity contribution in [3.63, 3.8) is 0 Å². The summed E-state index contributed by atoms with van der Waals surface area (Å²) in [5, 5.41) is 19.0. The van der Waals surface area contributed by atoms with Crippen molar-refractivity contribution >= 4 is 0 Å². The Morgan fingerprint density at radius 1 is 1.19 bits per heavy atom. The monoisotopic (exact) mass is 422 g/mol. The number of nitrogens with zero attached hydrogens (tertiary/aromatic N) is 2. The lowest BCUT2D eigenvalue weighted by Crippen LogP contribution is -2.16. The molecule has 2 N–H and O–H groups in total. The molecule has 1 aliphatic heterocycles. The highest BCUT2D eigenvalue weighted by atomic mass is 19.1. The summed E-state index contributed by atoms with van der Waals surface area (Å²) in [4.78, 5) is 4.03. The van der Waals surface area contributed by atoms with Crippen molar-refractivity contribution < 1.29 is 24.1 Å². The Kier molecular flexibility index (Phi) is 6.63. The first-order valence-electron chi connectivity index (χ1n) is 10.1. The molecule has 2 aromatic carbocycles. The number of imidazole rings is 1. The standard InChI is InChI=1S/C24H23FN2O4/c25-22-13-19(6-8-23(22)31-21-9-12-30-16-21)18-4-1-17(2-5-18)3-7-20(14-28)27-11-10-26-24(27)15-29/h1-2,4-6,8,10-11,13,20-21,28-29H,9,12,14-16H2/t20?,21-/m0/s1. The highest BCUT2D eigenvalue weighted by Gasteiger charge is 2.19. The molecule has 1 unspecified atom stereocenters. The van der Waals surface area contributed by atoms with Gasteiger partial charge in [0.15, 0.2) is 11.6 Å². The Morgan fingerprint density at radius 2 is 2.00 bits per heavy atom. The van der Waals surface area contributed by atoms with Gasteiger partial charge in [-0.1, -0.05) is 30.0 Å². The number of halogens is 1. The van der Waals surface area contributed by atoms with Gasteiger partial charge in [-0.25, -0.2) is 9.37 Å². The number of aromatic nitrogens is 2. The number of benzene rings is 2. The van der Waals surface area contributed by atoms with Crippen molar-refractivity contribution in [2.24, 2.45) is 0 Å². The number of aliphatic hydroxyl groups excluding tert-OH is 2. The van der Waals surface area contributed by atoms with Gasteiger partial charge in [0.1, 0.15) is 24.6 Å². The fourth-order valence-corrected chi connectivity index (χ4v) is 3.43. The van der Waals surface area contributed by atoms with Crippen LogP contribution >= 0.6 is 0 Å². The maximum Gasteiger partial charge on any atom is 0.165 e. The van der Waals surface area contributed by atoms with Crippen LogP contribution in [0.15, 0.2) is 54.9 Å². The van der Waals surface area contributed by atoms with E-state index < -0.39 is 11.9 Å². The van der Waals surface area contributed by atoms with Crippen molar-refractivity contribution in [3.05, 3.63) is 72.1 Å². The lowest BCUT2D eigenvalue weighted by atomic mass is 10.0. The van der Waals surface area contributed by atoms with E-state index in [1.165, 1.54) is 6.07 Å². The third-order valence-electron chi connectivity index (χ3n) is 5.11. The number of ether oxygens (including phenoxy) is 2. The minimum Gasteiger partial charge on any atom is -0.485 e. The maximum absolute atomic E-state index is 14.5. The normalized spacial score (nSPS) is 16.5. The molecule has 6 nitrogen and oxygen atoms in total. The zero-order valence-electron chi connectivity index (χ0n) is 16.9. The van der Waals surface area contributed by atoms with Gasteiger partial charge >= 0.3 is 0 Å². The second kappa shape index (κ2) is 9.75. The average Bonchev–Trinajstić information content (AvgIpc) is 3.48. The van der Waals surface area contributed by atoms with Gasteiger partial charge in [-0.05, 0) is 35.4 Å². The summed E-state index contributed by atoms with van der Waals surface area (Å²) in [5.74, 6) is 6.30. The molecule has 1 aliphatic rings. The van der Waals surface area contributed by atoms with Gasteiger partial charge in [0.2, 0.25) is 0 Å². The van der Waals surface area contributed by atoms with Crippen molar-refractivity contribution in [2.75, 3.05) is 19.8 Å². The molecular weight excluding hydrogens is 399 g/mol. The number of hydrogen-bond acceptors (Lipinski definition) is 5. The Morgan fingerprint density at radius 3 is 2.68 bits per heavy atom. The molecule has 160 valence electrons. The zero-order valence-corrected chi connectivity index (χ0v) is 16.9. The molecule has 1 fully saturated rings. The number of hydrogen-bond donors (Lipinski definition) is 2. The van der Waals surface area contributed by atoms with E-state index in [1.54, 1.807) is 23.0 Å². The van der Waals surface area contributed by atoms with Crippen molar-refractivity contribution in [3.8, 4) is 28.7 Å². The van der Waals surface area contributed by atoms with Crippen molar-refractivity contribution in [1.82, 2.24) is 9.55 Å². The molecule has 4 rings (SSSR count). The summed E-state index contributed by atoms with van der Waals surface area (Å²) < 4.78 is 27.0. The SMILES string of the molecule is OCc1nccn1C(C#Cc1ccc(-c2ccc(O[C@H]3CCOC3)c(F)c2)cc1)CO. The fraction of sp³-hybridized carbons (Fsp3) is 0.292. The molecule has 0 bridgehead atoms. The van der Waals surface area contributed by atoms with Crippen LogP contribution in [0.1, 0.15) is 23.9 Å². The van der Waals surface area contributed by atoms with Gasteiger partial charge in [-0.3, -0.25) is 0 Å². The van der Waals surface area contributed by atoms with E-state index in [2.05, 4.69) is 16.8 Å². The van der Waals surface area contributed by atoms with Gasteiger partial charge in [-0.15, -0.1) is 0 Å². The Labute approximate surface area is 179 Å². The smallest absolute Gasteiger partial charge is 0.165 e. The van der Waals surface area contributed by atoms with Crippen LogP contribution in [0.4, 0.5) is 4.39 Å². The summed E-state index contributed by atoms with van der Waals surface area (Å²) in [5.41, 5.74) is 2.36. The Bertz CT molecular complexity index is 1080. The van der Waals surface area contributed by atoms with Crippen LogP contribution in [0, 0.1) is 17.7 Å². The highest BCUT2D eigenvalue weighted by molar-refractivity contribution is 5.65. The lowest BCUT2D eigenvalue weighted by molar-refractivity contribution is 0.138. The highest BCUT2D eigenvalue weighted by Crippen LogP contribution is 2.27. The fourth-order valence-electron chi connectivity index (χ4n) is 3.43. The summed E-state index contributed by atoms with van der Waals surface area (Å²) >= 11 is 0. The zero-order chi connectivity index (χ0) is 21.6. The Balaban J connectivity index is 1.47. The molecule has 0 saturated carbocycles. The molecule has 2 heterocycles. The third-order valence-corrected chi connectivity index (χ3v) is 5.11. The van der Waals surface area contributed by atoms with E-state index >= 15 is 0 Å². The van der Waals surface area contributed by atoms with Crippen LogP contribution in [0.2, 0.25) is 0 Å². The minimum atomic E-state index is -0.503. The second-order valence-electron chi connectivity index (χ2n) is 7.20. The van der Waals surface area contributed by atoms with Gasteiger partial charge in [0, 0.05) is 24.4 Å². The van der Waals surface area contributed by atoms with E-state index in [1.807, 2.05) is 30.3 Å². The van der Waals surface area contributed by atoms with Crippen LogP contribution in [0.25, 0.3) is 11.1 Å². The van der Waals surface area contributed by atoms with Crippen LogP contribution in [-0.4, -0.2) is 45.7 Å². The lowest BCUT2D eigenvalue weighted by Gasteiger charge is -2.13. The quantitative estimate of drug-likeness (QED) is 0.598. The molecule has 1 aromatic heterocycles. The van der Waals surface area contributed by atoms with Gasteiger partial charge in [0.05, 0.1) is 19.8 Å². The molecule has 31 heavy (non-hydrogen) atoms. The summed E-state index contributed by atoms with van der Waals surface area (Å²) in [6.45, 7) is 0.705. The van der Waals surface area contributed by atoms with E-state index in [0.29, 0.717) is 19.0 Å². The first-order valence-corrected chi connectivity index (χ1v) is 10.1. The molecule has 3 aromatic rings. The average molecular weight is 422 g/mol. The number of rotatable bonds is 6. The maximum atomic E-state index is 14.5. The molecule has 2 atom stereocenters. The summed E-state index contributed by atoms with van der Waals surface area (Å²) in [6.07, 6.45) is 3.90. The second-order valence-corrected chi connectivity index (χ2v) is 7.20. The van der Waals surface area contributed by atoms with Gasteiger partial charge in [0.25, 0.3) is 0 Å². The minimum absolute atomic E-state index is 0.100. The summed E-state index contributed by atoms with van der Waals surface area (Å²) in [7, 11) is 0. The van der Waals surface area contributed by atoms with Crippen LogP contribution in [0.3, 0.4) is 0 Å². The Hall–Kier alpha value is -3.18. The van der Waals surface area contributed by atoms with E-state index in [0.717, 1.165) is 23.1 Å².